The highest BCUT2D eigenvalue weighted by atomic mass is 35.5. The Balaban J connectivity index is 1.53. The van der Waals surface area contributed by atoms with Crippen molar-refractivity contribution >= 4 is 46.7 Å². The first-order valence-electron chi connectivity index (χ1n) is 9.63. The Morgan fingerprint density at radius 3 is 2.50 bits per heavy atom. The van der Waals surface area contributed by atoms with Gasteiger partial charge in [-0.25, -0.2) is 4.98 Å². The number of carbonyl (C=O) groups is 2. The molecule has 1 saturated carbocycles. The number of aromatic nitrogens is 1. The lowest BCUT2D eigenvalue weighted by Crippen LogP contribution is -2.19. The van der Waals surface area contributed by atoms with E-state index in [9.17, 15) is 9.59 Å². The van der Waals surface area contributed by atoms with Crippen LogP contribution < -0.4 is 10.6 Å². The molecule has 5 nitrogen and oxygen atoms in total. The van der Waals surface area contributed by atoms with Gasteiger partial charge in [-0.3, -0.25) is 9.59 Å². The Hall–Kier alpha value is -2.83. The van der Waals surface area contributed by atoms with E-state index >= 15 is 0 Å². The summed E-state index contributed by atoms with van der Waals surface area (Å²) in [6, 6.07) is 20.5. The molecule has 1 aliphatic rings. The lowest BCUT2D eigenvalue weighted by Gasteiger charge is -2.17. The van der Waals surface area contributed by atoms with Crippen molar-refractivity contribution in [2.24, 2.45) is 5.92 Å². The molecular formula is C23H20ClN3O2S. The van der Waals surface area contributed by atoms with E-state index in [1.165, 1.54) is 18.0 Å². The van der Waals surface area contributed by atoms with Gasteiger partial charge in [0, 0.05) is 22.7 Å². The first-order chi connectivity index (χ1) is 14.6. The quantitative estimate of drug-likeness (QED) is 0.475. The number of hydrogen-bond donors (Lipinski definition) is 2. The summed E-state index contributed by atoms with van der Waals surface area (Å²) < 4.78 is 0. The average molecular weight is 438 g/mol. The van der Waals surface area contributed by atoms with Crippen molar-refractivity contribution in [3.8, 4) is 0 Å². The van der Waals surface area contributed by atoms with Crippen LogP contribution in [0.2, 0.25) is 5.02 Å². The number of hydrogen-bond acceptors (Lipinski definition) is 4. The van der Waals surface area contributed by atoms with Crippen molar-refractivity contribution in [1.82, 2.24) is 4.98 Å². The largest absolute Gasteiger partial charge is 0.326 e. The van der Waals surface area contributed by atoms with Gasteiger partial charge in [0.15, 0.2) is 0 Å². The maximum atomic E-state index is 13.1. The molecule has 2 N–H and O–H groups in total. The topological polar surface area (TPSA) is 71.1 Å². The summed E-state index contributed by atoms with van der Waals surface area (Å²) >= 11 is 7.30. The minimum absolute atomic E-state index is 0.0586. The van der Waals surface area contributed by atoms with Crippen molar-refractivity contribution < 1.29 is 9.59 Å². The highest BCUT2D eigenvalue weighted by Gasteiger charge is 2.29. The van der Waals surface area contributed by atoms with Gasteiger partial charge < -0.3 is 10.6 Å². The van der Waals surface area contributed by atoms with Gasteiger partial charge in [-0.15, -0.1) is 11.8 Å². The van der Waals surface area contributed by atoms with Gasteiger partial charge in [-0.05, 0) is 48.7 Å². The standard InChI is InChI=1S/C23H20ClN3O2S/c24-17-11-12-20(25-14-17)27-23(29)21(15-5-2-1-3-6-15)30-19-8-4-7-18(13-19)26-22(28)16-9-10-16/h1-8,11-14,16,21H,9-10H2,(H,26,28)(H,25,27,29). The number of nitrogens with zero attached hydrogens (tertiary/aromatic N) is 1. The number of halogens is 1. The van der Waals surface area contributed by atoms with E-state index in [2.05, 4.69) is 15.6 Å². The van der Waals surface area contributed by atoms with E-state index in [-0.39, 0.29) is 17.7 Å². The number of nitrogens with one attached hydrogen (secondary N) is 2. The number of anilines is 2. The smallest absolute Gasteiger partial charge is 0.243 e. The number of thioether (sulfide) groups is 1. The highest BCUT2D eigenvalue weighted by Crippen LogP contribution is 2.37. The summed E-state index contributed by atoms with van der Waals surface area (Å²) in [5, 5.41) is 5.83. The minimum Gasteiger partial charge on any atom is -0.326 e. The monoisotopic (exact) mass is 437 g/mol. The van der Waals surface area contributed by atoms with Crippen LogP contribution in [0.3, 0.4) is 0 Å². The molecule has 1 aromatic heterocycles. The molecule has 2 amide bonds. The third-order valence-electron chi connectivity index (χ3n) is 4.62. The molecule has 1 heterocycles. The van der Waals surface area contributed by atoms with E-state index in [4.69, 9.17) is 11.6 Å². The Labute approximate surface area is 184 Å². The fourth-order valence-electron chi connectivity index (χ4n) is 2.92. The summed E-state index contributed by atoms with van der Waals surface area (Å²) in [6.07, 6.45) is 3.40. The summed E-state index contributed by atoms with van der Waals surface area (Å²) in [5.74, 6) is 0.448. The molecule has 1 atom stereocenters. The predicted octanol–water partition coefficient (Wildman–Crippen LogP) is 5.56. The number of carbonyl (C=O) groups excluding carboxylic acids is 2. The SMILES string of the molecule is O=C(Nc1cccc(SC(C(=O)Nc2ccc(Cl)cn2)c2ccccc2)c1)C1CC1. The molecule has 0 bridgehead atoms. The fourth-order valence-corrected chi connectivity index (χ4v) is 4.11. The van der Waals surface area contributed by atoms with Crippen LogP contribution in [0, 0.1) is 5.92 Å². The molecule has 152 valence electrons. The van der Waals surface area contributed by atoms with E-state index < -0.39 is 5.25 Å². The van der Waals surface area contributed by atoms with Crippen LogP contribution in [0.1, 0.15) is 23.7 Å². The Bertz CT molecular complexity index is 1040. The van der Waals surface area contributed by atoms with Gasteiger partial charge in [-0.2, -0.15) is 0 Å². The molecule has 1 fully saturated rings. The van der Waals surface area contributed by atoms with Crippen molar-refractivity contribution in [2.75, 3.05) is 10.6 Å². The van der Waals surface area contributed by atoms with Gasteiger partial charge in [0.2, 0.25) is 11.8 Å². The van der Waals surface area contributed by atoms with Crippen LogP contribution in [0.15, 0.2) is 77.8 Å². The van der Waals surface area contributed by atoms with Crippen molar-refractivity contribution in [1.29, 1.82) is 0 Å². The van der Waals surface area contributed by atoms with Gasteiger partial charge in [-0.1, -0.05) is 48.0 Å². The van der Waals surface area contributed by atoms with E-state index in [1.807, 2.05) is 54.6 Å². The lowest BCUT2D eigenvalue weighted by molar-refractivity contribution is -0.117. The number of pyridine rings is 1. The van der Waals surface area contributed by atoms with Crippen LogP contribution in [0.25, 0.3) is 0 Å². The average Bonchev–Trinajstić information content (AvgIpc) is 3.60. The van der Waals surface area contributed by atoms with Crippen LogP contribution in [0.5, 0.6) is 0 Å². The van der Waals surface area contributed by atoms with Crippen LogP contribution in [-0.4, -0.2) is 16.8 Å². The maximum Gasteiger partial charge on any atom is 0.243 e. The van der Waals surface area contributed by atoms with E-state index in [0.717, 1.165) is 29.0 Å². The second-order valence-corrected chi connectivity index (χ2v) is 8.67. The first kappa shape index (κ1) is 20.4. The summed E-state index contributed by atoms with van der Waals surface area (Å²) in [4.78, 5) is 30.2. The molecule has 30 heavy (non-hydrogen) atoms. The third kappa shape index (κ3) is 5.40. The Morgan fingerprint density at radius 2 is 1.80 bits per heavy atom. The zero-order chi connectivity index (χ0) is 20.9. The maximum absolute atomic E-state index is 13.1. The molecule has 1 unspecified atom stereocenters. The lowest BCUT2D eigenvalue weighted by atomic mass is 10.1. The van der Waals surface area contributed by atoms with Gasteiger partial charge in [0.1, 0.15) is 11.1 Å². The molecule has 4 rings (SSSR count). The molecule has 0 aliphatic heterocycles. The molecule has 1 aliphatic carbocycles. The van der Waals surface area contributed by atoms with Crippen molar-refractivity contribution in [3.63, 3.8) is 0 Å². The van der Waals surface area contributed by atoms with Gasteiger partial charge in [0.05, 0.1) is 5.02 Å². The molecule has 3 aromatic rings. The van der Waals surface area contributed by atoms with Gasteiger partial charge >= 0.3 is 0 Å². The number of benzene rings is 2. The third-order valence-corrected chi connectivity index (χ3v) is 6.09. The van der Waals surface area contributed by atoms with Crippen molar-refractivity contribution in [3.05, 3.63) is 83.5 Å². The minimum atomic E-state index is -0.488. The zero-order valence-electron chi connectivity index (χ0n) is 16.0. The van der Waals surface area contributed by atoms with Crippen LogP contribution >= 0.6 is 23.4 Å². The van der Waals surface area contributed by atoms with E-state index in [0.29, 0.717) is 10.8 Å². The van der Waals surface area contributed by atoms with E-state index in [1.54, 1.807) is 12.1 Å². The molecule has 0 radical (unpaired) electrons. The summed E-state index contributed by atoms with van der Waals surface area (Å²) in [5.41, 5.74) is 1.62. The van der Waals surface area contributed by atoms with Crippen molar-refractivity contribution in [2.45, 2.75) is 23.0 Å². The highest BCUT2D eigenvalue weighted by molar-refractivity contribution is 8.00. The van der Waals surface area contributed by atoms with Crippen LogP contribution in [-0.2, 0) is 9.59 Å². The molecule has 7 heteroatoms. The molecular weight excluding hydrogens is 418 g/mol. The van der Waals surface area contributed by atoms with Crippen LogP contribution in [0.4, 0.5) is 11.5 Å². The summed E-state index contributed by atoms with van der Waals surface area (Å²) in [6.45, 7) is 0. The van der Waals surface area contributed by atoms with Gasteiger partial charge in [0.25, 0.3) is 0 Å². The molecule has 0 spiro atoms. The second-order valence-electron chi connectivity index (χ2n) is 7.05. The predicted molar refractivity (Wildman–Crippen MR) is 121 cm³/mol. The fraction of sp³-hybridized carbons (Fsp3) is 0.174. The number of amides is 2. The number of rotatable bonds is 7. The Morgan fingerprint density at radius 1 is 1.00 bits per heavy atom. The first-order valence-corrected chi connectivity index (χ1v) is 10.9. The molecule has 2 aromatic carbocycles. The second kappa shape index (κ2) is 9.32. The Kier molecular flexibility index (Phi) is 6.35. The summed E-state index contributed by atoms with van der Waals surface area (Å²) in [7, 11) is 0. The normalized spacial score (nSPS) is 14.0. The zero-order valence-corrected chi connectivity index (χ0v) is 17.6. The molecule has 0 saturated heterocycles.